The molecule has 0 aromatic carbocycles. The molecule has 7 heteroatoms. The van der Waals surface area contributed by atoms with Gasteiger partial charge in [-0.3, -0.25) is 9.59 Å². The van der Waals surface area contributed by atoms with Crippen LogP contribution >= 0.6 is 0 Å². The Morgan fingerprint density at radius 3 is 2.65 bits per heavy atom. The third-order valence-corrected chi connectivity index (χ3v) is 5.67. The number of hydrogen-bond acceptors (Lipinski definition) is 5. The van der Waals surface area contributed by atoms with Gasteiger partial charge in [-0.25, -0.2) is 4.98 Å². The van der Waals surface area contributed by atoms with Crippen LogP contribution in [0.5, 0.6) is 0 Å². The van der Waals surface area contributed by atoms with Crippen molar-refractivity contribution in [2.75, 3.05) is 17.6 Å². The average Bonchev–Trinajstić information content (AvgIpc) is 2.65. The maximum Gasteiger partial charge on any atom is 0.313 e. The van der Waals surface area contributed by atoms with Crippen LogP contribution in [-0.4, -0.2) is 45.5 Å². The van der Waals surface area contributed by atoms with E-state index in [1.165, 1.54) is 6.20 Å². The van der Waals surface area contributed by atoms with E-state index in [1.54, 1.807) is 17.9 Å². The molecule has 2 amide bonds. The first-order valence-electron chi connectivity index (χ1n) is 9.48. The van der Waals surface area contributed by atoms with Gasteiger partial charge in [0, 0.05) is 12.6 Å². The molecule has 1 saturated carbocycles. The number of likely N-dealkylation sites (tertiary alicyclic amines) is 1. The van der Waals surface area contributed by atoms with Crippen LogP contribution in [0.2, 0.25) is 0 Å². The van der Waals surface area contributed by atoms with Gasteiger partial charge in [-0.2, -0.15) is 0 Å². The first-order valence-corrected chi connectivity index (χ1v) is 9.48. The Bertz CT molecular complexity index is 671. The Hall–Kier alpha value is -2.15. The summed E-state index contributed by atoms with van der Waals surface area (Å²) in [6, 6.07) is 1.81. The number of aliphatic hydroxyl groups excluding tert-OH is 1. The maximum atomic E-state index is 12.8. The first-order chi connectivity index (χ1) is 12.5. The van der Waals surface area contributed by atoms with Crippen molar-refractivity contribution in [3.8, 4) is 0 Å². The summed E-state index contributed by atoms with van der Waals surface area (Å²) in [5.41, 5.74) is 6.92. The van der Waals surface area contributed by atoms with Gasteiger partial charge >= 0.3 is 11.8 Å². The molecule has 0 spiro atoms. The molecule has 1 aliphatic heterocycles. The van der Waals surface area contributed by atoms with Gasteiger partial charge in [0.25, 0.3) is 0 Å². The number of pyridine rings is 1. The van der Waals surface area contributed by atoms with Crippen LogP contribution in [0.25, 0.3) is 0 Å². The van der Waals surface area contributed by atoms with Crippen LogP contribution in [0.15, 0.2) is 12.3 Å². The van der Waals surface area contributed by atoms with Gasteiger partial charge in [0.05, 0.1) is 18.0 Å². The SMILES string of the molecule is Cc1cc(NC(=O)C(=O)N2CCCC[C@@H]2C2CCC(O)CC2)cnc1N. The lowest BCUT2D eigenvalue weighted by Crippen LogP contribution is -2.51. The highest BCUT2D eigenvalue weighted by Gasteiger charge is 2.37. The highest BCUT2D eigenvalue weighted by molar-refractivity contribution is 6.39. The third kappa shape index (κ3) is 4.15. The van der Waals surface area contributed by atoms with E-state index in [0.717, 1.165) is 50.5 Å². The van der Waals surface area contributed by atoms with Gasteiger partial charge in [-0.15, -0.1) is 0 Å². The fraction of sp³-hybridized carbons (Fsp3) is 0.632. The molecule has 26 heavy (non-hydrogen) atoms. The summed E-state index contributed by atoms with van der Waals surface area (Å²) in [6.07, 6.45) is 7.58. The number of aliphatic hydroxyl groups is 1. The number of nitrogens with two attached hydrogens (primary N) is 1. The van der Waals surface area contributed by atoms with E-state index in [2.05, 4.69) is 10.3 Å². The summed E-state index contributed by atoms with van der Waals surface area (Å²) in [5, 5.41) is 12.4. The lowest BCUT2D eigenvalue weighted by molar-refractivity contribution is -0.147. The minimum absolute atomic E-state index is 0.0979. The van der Waals surface area contributed by atoms with Crippen LogP contribution in [0, 0.1) is 12.8 Å². The van der Waals surface area contributed by atoms with Crippen molar-refractivity contribution in [2.24, 2.45) is 5.92 Å². The fourth-order valence-corrected chi connectivity index (χ4v) is 4.15. The molecular weight excluding hydrogens is 332 g/mol. The second-order valence-corrected chi connectivity index (χ2v) is 7.51. The number of aromatic nitrogens is 1. The Kier molecular flexibility index (Phi) is 5.76. The topological polar surface area (TPSA) is 109 Å². The van der Waals surface area contributed by atoms with Gasteiger partial charge in [-0.1, -0.05) is 0 Å². The van der Waals surface area contributed by atoms with Gasteiger partial charge in [0.15, 0.2) is 0 Å². The largest absolute Gasteiger partial charge is 0.393 e. The summed E-state index contributed by atoms with van der Waals surface area (Å²) in [4.78, 5) is 31.0. The van der Waals surface area contributed by atoms with Crippen LogP contribution < -0.4 is 11.1 Å². The first kappa shape index (κ1) is 18.6. The molecule has 2 aliphatic rings. The molecule has 1 aromatic heterocycles. The normalized spacial score (nSPS) is 26.4. The van der Waals surface area contributed by atoms with Crippen LogP contribution in [0.3, 0.4) is 0 Å². The molecule has 1 saturated heterocycles. The van der Waals surface area contributed by atoms with E-state index in [4.69, 9.17) is 5.73 Å². The second kappa shape index (κ2) is 8.03. The van der Waals surface area contributed by atoms with Crippen molar-refractivity contribution >= 4 is 23.3 Å². The van der Waals surface area contributed by atoms with Crippen molar-refractivity contribution in [1.82, 2.24) is 9.88 Å². The zero-order valence-electron chi connectivity index (χ0n) is 15.3. The van der Waals surface area contributed by atoms with E-state index < -0.39 is 11.8 Å². The number of carbonyl (C=O) groups excluding carboxylic acids is 2. The monoisotopic (exact) mass is 360 g/mol. The average molecular weight is 360 g/mol. The van der Waals surface area contributed by atoms with E-state index in [0.29, 0.717) is 24.0 Å². The van der Waals surface area contributed by atoms with Crippen LogP contribution in [0.1, 0.15) is 50.5 Å². The molecule has 0 radical (unpaired) electrons. The summed E-state index contributed by atoms with van der Waals surface area (Å²) in [6.45, 7) is 2.42. The minimum atomic E-state index is -0.626. The van der Waals surface area contributed by atoms with Gasteiger partial charge in [0.1, 0.15) is 5.82 Å². The molecular formula is C19H28N4O3. The van der Waals surface area contributed by atoms with Crippen molar-refractivity contribution in [3.05, 3.63) is 17.8 Å². The summed E-state index contributed by atoms with van der Waals surface area (Å²) < 4.78 is 0. The lowest BCUT2D eigenvalue weighted by Gasteiger charge is -2.42. The van der Waals surface area contributed by atoms with Crippen LogP contribution in [-0.2, 0) is 9.59 Å². The summed E-state index contributed by atoms with van der Waals surface area (Å²) >= 11 is 0. The highest BCUT2D eigenvalue weighted by atomic mass is 16.3. The quantitative estimate of drug-likeness (QED) is 0.698. The van der Waals surface area contributed by atoms with Crippen molar-refractivity contribution < 1.29 is 14.7 Å². The lowest BCUT2D eigenvalue weighted by atomic mass is 9.79. The minimum Gasteiger partial charge on any atom is -0.393 e. The predicted octanol–water partition coefficient (Wildman–Crippen LogP) is 1.84. The predicted molar refractivity (Wildman–Crippen MR) is 99.3 cm³/mol. The molecule has 142 valence electrons. The zero-order valence-corrected chi connectivity index (χ0v) is 15.3. The Balaban J connectivity index is 1.67. The maximum absolute atomic E-state index is 12.8. The van der Waals surface area contributed by atoms with Crippen molar-refractivity contribution in [2.45, 2.75) is 64.0 Å². The number of anilines is 2. The molecule has 4 N–H and O–H groups in total. The van der Waals surface area contributed by atoms with Crippen molar-refractivity contribution in [3.63, 3.8) is 0 Å². The second-order valence-electron chi connectivity index (χ2n) is 7.51. The summed E-state index contributed by atoms with van der Waals surface area (Å²) in [5.74, 6) is -0.324. The number of rotatable bonds is 2. The molecule has 1 aliphatic carbocycles. The number of nitrogen functional groups attached to an aromatic ring is 1. The van der Waals surface area contributed by atoms with Crippen LogP contribution in [0.4, 0.5) is 11.5 Å². The third-order valence-electron chi connectivity index (χ3n) is 5.67. The number of amides is 2. The molecule has 2 heterocycles. The summed E-state index contributed by atoms with van der Waals surface area (Å²) in [7, 11) is 0. The smallest absolute Gasteiger partial charge is 0.313 e. The van der Waals surface area contributed by atoms with E-state index in [9.17, 15) is 14.7 Å². The Morgan fingerprint density at radius 2 is 1.96 bits per heavy atom. The van der Waals surface area contributed by atoms with Gasteiger partial charge in [0.2, 0.25) is 0 Å². The van der Waals surface area contributed by atoms with Gasteiger partial charge < -0.3 is 21.1 Å². The molecule has 3 rings (SSSR count). The Morgan fingerprint density at radius 1 is 1.23 bits per heavy atom. The standard InChI is InChI=1S/C19H28N4O3/c1-12-10-14(11-21-17(12)20)22-18(25)19(26)23-9-3-2-4-16(23)13-5-7-15(24)8-6-13/h10-11,13,15-16,24H,2-9H2,1H3,(H2,20,21)(H,22,25)/t13?,15?,16-/m1/s1. The number of aryl methyl sites for hydroxylation is 1. The molecule has 0 bridgehead atoms. The zero-order chi connectivity index (χ0) is 18.7. The van der Waals surface area contributed by atoms with E-state index in [1.807, 2.05) is 0 Å². The Labute approximate surface area is 154 Å². The van der Waals surface area contributed by atoms with Gasteiger partial charge in [-0.05, 0) is 69.4 Å². The van der Waals surface area contributed by atoms with Crippen molar-refractivity contribution in [1.29, 1.82) is 0 Å². The van der Waals surface area contributed by atoms with E-state index >= 15 is 0 Å². The molecule has 1 aromatic rings. The number of hydrogen-bond donors (Lipinski definition) is 3. The number of nitrogens with one attached hydrogen (secondary N) is 1. The number of piperidine rings is 1. The molecule has 7 nitrogen and oxygen atoms in total. The fourth-order valence-electron chi connectivity index (χ4n) is 4.15. The highest BCUT2D eigenvalue weighted by Crippen LogP contribution is 2.34. The molecule has 2 fully saturated rings. The number of nitrogens with zero attached hydrogens (tertiary/aromatic N) is 2. The molecule has 1 atom stereocenters. The number of carbonyl (C=O) groups is 2. The molecule has 0 unspecified atom stereocenters. The van der Waals surface area contributed by atoms with E-state index in [-0.39, 0.29) is 12.1 Å².